The Morgan fingerprint density at radius 1 is 1.28 bits per heavy atom. The summed E-state index contributed by atoms with van der Waals surface area (Å²) in [4.78, 5) is 14.1. The fraction of sp³-hybridized carbons (Fsp3) is 0.467. The lowest BCUT2D eigenvalue weighted by atomic mass is 9.94. The van der Waals surface area contributed by atoms with E-state index in [-0.39, 0.29) is 5.91 Å². The number of carbonyl (C=O) groups excluding carboxylic acids is 1. The molecule has 1 aromatic carbocycles. The van der Waals surface area contributed by atoms with Crippen molar-refractivity contribution in [2.75, 3.05) is 6.54 Å². The van der Waals surface area contributed by atoms with Gasteiger partial charge in [0.15, 0.2) is 0 Å². The van der Waals surface area contributed by atoms with E-state index < -0.39 is 5.41 Å². The van der Waals surface area contributed by atoms with Crippen LogP contribution >= 0.6 is 0 Å². The van der Waals surface area contributed by atoms with E-state index in [0.717, 1.165) is 5.56 Å². The zero-order valence-electron chi connectivity index (χ0n) is 11.3. The Balaban J connectivity index is 2.80. The molecule has 18 heavy (non-hydrogen) atoms. The molecule has 0 aliphatic rings. The van der Waals surface area contributed by atoms with Crippen molar-refractivity contribution in [2.45, 2.75) is 33.7 Å². The summed E-state index contributed by atoms with van der Waals surface area (Å²) in [5, 5.41) is 8.68. The van der Waals surface area contributed by atoms with Crippen LogP contribution in [0.3, 0.4) is 0 Å². The van der Waals surface area contributed by atoms with E-state index in [4.69, 9.17) is 5.26 Å². The first-order valence-corrected chi connectivity index (χ1v) is 6.15. The van der Waals surface area contributed by atoms with E-state index >= 15 is 0 Å². The van der Waals surface area contributed by atoms with Crippen LogP contribution in [-0.4, -0.2) is 17.4 Å². The van der Waals surface area contributed by atoms with E-state index in [1.165, 1.54) is 0 Å². The SMILES string of the molecule is CC(C)(C)C(=O)N(CCC#N)Cc1ccccc1. The van der Waals surface area contributed by atoms with E-state index in [0.29, 0.717) is 19.5 Å². The van der Waals surface area contributed by atoms with Gasteiger partial charge in [-0.1, -0.05) is 51.1 Å². The second-order valence-electron chi connectivity index (χ2n) is 5.37. The Hall–Kier alpha value is -1.82. The molecule has 3 heteroatoms. The maximum absolute atomic E-state index is 12.3. The average molecular weight is 244 g/mol. The first-order valence-electron chi connectivity index (χ1n) is 6.15. The molecule has 0 saturated heterocycles. The Morgan fingerprint density at radius 3 is 2.39 bits per heavy atom. The highest BCUT2D eigenvalue weighted by molar-refractivity contribution is 5.81. The van der Waals surface area contributed by atoms with Gasteiger partial charge in [-0.15, -0.1) is 0 Å². The third-order valence-corrected chi connectivity index (χ3v) is 2.64. The van der Waals surface area contributed by atoms with Crippen LogP contribution in [0.4, 0.5) is 0 Å². The Morgan fingerprint density at radius 2 is 1.89 bits per heavy atom. The number of rotatable bonds is 4. The molecule has 0 spiro atoms. The normalized spacial score (nSPS) is 10.8. The summed E-state index contributed by atoms with van der Waals surface area (Å²) in [6.45, 7) is 6.76. The van der Waals surface area contributed by atoms with E-state index in [2.05, 4.69) is 6.07 Å². The van der Waals surface area contributed by atoms with Crippen molar-refractivity contribution in [3.63, 3.8) is 0 Å². The quantitative estimate of drug-likeness (QED) is 0.817. The maximum Gasteiger partial charge on any atom is 0.228 e. The molecule has 0 saturated carbocycles. The second kappa shape index (κ2) is 6.20. The molecule has 0 aromatic heterocycles. The van der Waals surface area contributed by atoms with Crippen molar-refractivity contribution >= 4 is 5.91 Å². The van der Waals surface area contributed by atoms with Crippen molar-refractivity contribution < 1.29 is 4.79 Å². The predicted octanol–water partition coefficient (Wildman–Crippen LogP) is 2.97. The van der Waals surface area contributed by atoms with Gasteiger partial charge in [0.2, 0.25) is 5.91 Å². The molecular formula is C15H20N2O. The Labute approximate surface area is 109 Å². The number of benzene rings is 1. The molecule has 1 aromatic rings. The summed E-state index contributed by atoms with van der Waals surface area (Å²) in [7, 11) is 0. The summed E-state index contributed by atoms with van der Waals surface area (Å²) in [5.74, 6) is 0.0848. The van der Waals surface area contributed by atoms with Crippen LogP contribution in [0.2, 0.25) is 0 Å². The highest BCUT2D eigenvalue weighted by Crippen LogP contribution is 2.19. The average Bonchev–Trinajstić information content (AvgIpc) is 2.33. The smallest absolute Gasteiger partial charge is 0.228 e. The van der Waals surface area contributed by atoms with Gasteiger partial charge in [0, 0.05) is 18.5 Å². The zero-order valence-corrected chi connectivity index (χ0v) is 11.3. The fourth-order valence-corrected chi connectivity index (χ4v) is 1.72. The summed E-state index contributed by atoms with van der Waals surface area (Å²) >= 11 is 0. The van der Waals surface area contributed by atoms with Crippen LogP contribution in [0.25, 0.3) is 0 Å². The minimum Gasteiger partial charge on any atom is -0.337 e. The van der Waals surface area contributed by atoms with Gasteiger partial charge in [0.1, 0.15) is 0 Å². The molecule has 0 atom stereocenters. The number of hydrogen-bond donors (Lipinski definition) is 0. The molecule has 3 nitrogen and oxygen atoms in total. The van der Waals surface area contributed by atoms with Gasteiger partial charge in [-0.25, -0.2) is 0 Å². The Kier molecular flexibility index (Phi) is 4.91. The van der Waals surface area contributed by atoms with Crippen LogP contribution in [0.1, 0.15) is 32.8 Å². The third-order valence-electron chi connectivity index (χ3n) is 2.64. The molecule has 96 valence electrons. The molecule has 0 radical (unpaired) electrons. The minimum absolute atomic E-state index is 0.0848. The number of amides is 1. The minimum atomic E-state index is -0.412. The molecular weight excluding hydrogens is 224 g/mol. The molecule has 0 unspecified atom stereocenters. The lowest BCUT2D eigenvalue weighted by molar-refractivity contribution is -0.140. The molecule has 1 rings (SSSR count). The van der Waals surface area contributed by atoms with Gasteiger partial charge >= 0.3 is 0 Å². The molecule has 0 aliphatic heterocycles. The first-order chi connectivity index (χ1) is 8.45. The lowest BCUT2D eigenvalue weighted by Crippen LogP contribution is -2.39. The van der Waals surface area contributed by atoms with Crippen LogP contribution in [0.5, 0.6) is 0 Å². The molecule has 0 heterocycles. The molecule has 0 bridgehead atoms. The highest BCUT2D eigenvalue weighted by Gasteiger charge is 2.26. The van der Waals surface area contributed by atoms with E-state index in [1.54, 1.807) is 4.90 Å². The van der Waals surface area contributed by atoms with Crippen molar-refractivity contribution in [2.24, 2.45) is 5.41 Å². The highest BCUT2D eigenvalue weighted by atomic mass is 16.2. The van der Waals surface area contributed by atoms with Gasteiger partial charge in [-0.2, -0.15) is 5.26 Å². The molecule has 0 aliphatic carbocycles. The summed E-state index contributed by atoms with van der Waals surface area (Å²) in [6.07, 6.45) is 0.370. The lowest BCUT2D eigenvalue weighted by Gasteiger charge is -2.29. The number of nitriles is 1. The standard InChI is InChI=1S/C15H20N2O/c1-15(2,3)14(18)17(11-7-10-16)12-13-8-5-4-6-9-13/h4-6,8-9H,7,11-12H2,1-3H3. The van der Waals surface area contributed by atoms with Crippen LogP contribution in [0, 0.1) is 16.7 Å². The monoisotopic (exact) mass is 244 g/mol. The molecule has 0 N–H and O–H groups in total. The molecule has 0 fully saturated rings. The van der Waals surface area contributed by atoms with Gasteiger partial charge in [-0.3, -0.25) is 4.79 Å². The fourth-order valence-electron chi connectivity index (χ4n) is 1.72. The van der Waals surface area contributed by atoms with Crippen LogP contribution in [0.15, 0.2) is 30.3 Å². The zero-order chi connectivity index (χ0) is 13.6. The largest absolute Gasteiger partial charge is 0.337 e. The number of carbonyl (C=O) groups is 1. The second-order valence-corrected chi connectivity index (χ2v) is 5.37. The van der Waals surface area contributed by atoms with E-state index in [1.807, 2.05) is 51.1 Å². The topological polar surface area (TPSA) is 44.1 Å². The predicted molar refractivity (Wildman–Crippen MR) is 71.5 cm³/mol. The van der Waals surface area contributed by atoms with Crippen molar-refractivity contribution in [1.82, 2.24) is 4.90 Å². The van der Waals surface area contributed by atoms with Gasteiger partial charge < -0.3 is 4.90 Å². The number of nitrogens with zero attached hydrogens (tertiary/aromatic N) is 2. The van der Waals surface area contributed by atoms with Gasteiger partial charge in [0.25, 0.3) is 0 Å². The Bertz CT molecular complexity index is 426. The summed E-state index contributed by atoms with van der Waals surface area (Å²) < 4.78 is 0. The van der Waals surface area contributed by atoms with Crippen molar-refractivity contribution in [1.29, 1.82) is 5.26 Å². The van der Waals surface area contributed by atoms with Crippen LogP contribution < -0.4 is 0 Å². The van der Waals surface area contributed by atoms with Gasteiger partial charge in [0.05, 0.1) is 12.5 Å². The molecule has 1 amide bonds. The van der Waals surface area contributed by atoms with Gasteiger partial charge in [-0.05, 0) is 5.56 Å². The first kappa shape index (κ1) is 14.2. The maximum atomic E-state index is 12.3. The summed E-state index contributed by atoms with van der Waals surface area (Å²) in [6, 6.07) is 12.0. The summed E-state index contributed by atoms with van der Waals surface area (Å²) in [5.41, 5.74) is 0.678. The number of hydrogen-bond acceptors (Lipinski definition) is 2. The van der Waals surface area contributed by atoms with Crippen LogP contribution in [-0.2, 0) is 11.3 Å². The van der Waals surface area contributed by atoms with Crippen molar-refractivity contribution in [3.05, 3.63) is 35.9 Å². The van der Waals surface area contributed by atoms with Crippen molar-refractivity contribution in [3.8, 4) is 6.07 Å². The third kappa shape index (κ3) is 4.21. The van der Waals surface area contributed by atoms with E-state index in [9.17, 15) is 4.79 Å².